The molecule has 4 rings (SSSR count). The fourth-order valence-corrected chi connectivity index (χ4v) is 3.70. The van der Waals surface area contributed by atoms with Gasteiger partial charge in [0.05, 0.1) is 5.92 Å². The molecule has 1 aromatic rings. The van der Waals surface area contributed by atoms with Gasteiger partial charge in [0.25, 0.3) is 0 Å². The third-order valence-electron chi connectivity index (χ3n) is 4.94. The van der Waals surface area contributed by atoms with E-state index < -0.39 is 0 Å². The topological polar surface area (TPSA) is 36.4 Å². The predicted molar refractivity (Wildman–Crippen MR) is 75.8 cm³/mol. The van der Waals surface area contributed by atoms with Crippen LogP contribution in [-0.2, 0) is 11.3 Å². The van der Waals surface area contributed by atoms with E-state index in [1.165, 1.54) is 24.9 Å². The van der Waals surface area contributed by atoms with Crippen LogP contribution in [-0.4, -0.2) is 46.9 Å². The van der Waals surface area contributed by atoms with E-state index >= 15 is 0 Å². The van der Waals surface area contributed by atoms with E-state index in [9.17, 15) is 4.79 Å². The normalized spacial score (nSPS) is 30.0. The van der Waals surface area contributed by atoms with Crippen LogP contribution < -0.4 is 0 Å². The fraction of sp³-hybridized carbons (Fsp3) is 0.625. The number of amides is 1. The third-order valence-corrected chi connectivity index (χ3v) is 4.94. The molecule has 1 aliphatic carbocycles. The van der Waals surface area contributed by atoms with Crippen molar-refractivity contribution in [3.05, 3.63) is 30.1 Å². The smallest absolute Gasteiger partial charge is 0.227 e. The van der Waals surface area contributed by atoms with E-state index in [-0.39, 0.29) is 5.92 Å². The standard InChI is InChI=1S/C16H21N3O/c20-16-15-11-18(7-12-1-2-12)9-14(15)10-19(16)8-13-3-5-17-6-4-13/h3-6,12,14-15H,1-2,7-11H2/t14-,15+/m0/s1. The Hall–Kier alpha value is -1.42. The molecule has 0 unspecified atom stereocenters. The summed E-state index contributed by atoms with van der Waals surface area (Å²) >= 11 is 0. The average Bonchev–Trinajstić information content (AvgIpc) is 3.11. The monoisotopic (exact) mass is 271 g/mol. The lowest BCUT2D eigenvalue weighted by molar-refractivity contribution is -0.131. The van der Waals surface area contributed by atoms with E-state index in [1.54, 1.807) is 12.4 Å². The van der Waals surface area contributed by atoms with Gasteiger partial charge in [0.1, 0.15) is 0 Å². The SMILES string of the molecule is O=C1[C@@H]2CN(CC3CC3)C[C@H]2CN1Cc1ccncc1. The number of fused-ring (bicyclic) bond motifs is 1. The zero-order valence-corrected chi connectivity index (χ0v) is 11.7. The Morgan fingerprint density at radius 1 is 1.15 bits per heavy atom. The second kappa shape index (κ2) is 4.85. The maximum atomic E-state index is 12.5. The number of nitrogens with zero attached hydrogens (tertiary/aromatic N) is 3. The molecular weight excluding hydrogens is 250 g/mol. The summed E-state index contributed by atoms with van der Waals surface area (Å²) in [7, 11) is 0. The van der Waals surface area contributed by atoms with Crippen molar-refractivity contribution in [1.82, 2.24) is 14.8 Å². The van der Waals surface area contributed by atoms with Crippen LogP contribution in [0.5, 0.6) is 0 Å². The Bertz CT molecular complexity index is 500. The average molecular weight is 271 g/mol. The molecule has 0 N–H and O–H groups in total. The Morgan fingerprint density at radius 2 is 1.95 bits per heavy atom. The Kier molecular flexibility index (Phi) is 2.99. The summed E-state index contributed by atoms with van der Waals surface area (Å²) in [5, 5.41) is 0. The van der Waals surface area contributed by atoms with Gasteiger partial charge in [-0.3, -0.25) is 9.78 Å². The van der Waals surface area contributed by atoms with E-state index in [2.05, 4.69) is 9.88 Å². The highest BCUT2D eigenvalue weighted by Crippen LogP contribution is 2.36. The van der Waals surface area contributed by atoms with Crippen molar-refractivity contribution in [2.75, 3.05) is 26.2 Å². The summed E-state index contributed by atoms with van der Waals surface area (Å²) in [5.74, 6) is 2.11. The van der Waals surface area contributed by atoms with Crippen molar-refractivity contribution in [3.63, 3.8) is 0 Å². The highest BCUT2D eigenvalue weighted by molar-refractivity contribution is 5.82. The molecule has 1 saturated carbocycles. The van der Waals surface area contributed by atoms with E-state index in [4.69, 9.17) is 0 Å². The first-order valence-electron chi connectivity index (χ1n) is 7.69. The molecule has 3 fully saturated rings. The number of likely N-dealkylation sites (tertiary alicyclic amines) is 2. The molecule has 106 valence electrons. The molecule has 2 saturated heterocycles. The summed E-state index contributed by atoms with van der Waals surface area (Å²) in [4.78, 5) is 21.1. The van der Waals surface area contributed by atoms with Crippen molar-refractivity contribution in [2.24, 2.45) is 17.8 Å². The number of hydrogen-bond donors (Lipinski definition) is 0. The molecule has 20 heavy (non-hydrogen) atoms. The zero-order chi connectivity index (χ0) is 13.5. The molecule has 0 bridgehead atoms. The minimum absolute atomic E-state index is 0.260. The molecule has 3 heterocycles. The Morgan fingerprint density at radius 3 is 2.65 bits per heavy atom. The third kappa shape index (κ3) is 2.33. The van der Waals surface area contributed by atoms with Gasteiger partial charge < -0.3 is 9.80 Å². The Balaban J connectivity index is 1.38. The molecule has 4 nitrogen and oxygen atoms in total. The number of carbonyl (C=O) groups is 1. The molecular formula is C16H21N3O. The van der Waals surface area contributed by atoms with Crippen molar-refractivity contribution in [3.8, 4) is 0 Å². The lowest BCUT2D eigenvalue weighted by atomic mass is 10.0. The highest BCUT2D eigenvalue weighted by atomic mass is 16.2. The first-order valence-corrected chi connectivity index (χ1v) is 7.69. The molecule has 4 heteroatoms. The lowest BCUT2D eigenvalue weighted by Gasteiger charge is -2.21. The summed E-state index contributed by atoms with van der Waals surface area (Å²) in [6, 6.07) is 4.00. The van der Waals surface area contributed by atoms with Gasteiger partial charge in [-0.2, -0.15) is 0 Å². The summed E-state index contributed by atoms with van der Waals surface area (Å²) in [5.41, 5.74) is 1.18. The van der Waals surface area contributed by atoms with Crippen molar-refractivity contribution >= 4 is 5.91 Å². The zero-order valence-electron chi connectivity index (χ0n) is 11.7. The lowest BCUT2D eigenvalue weighted by Crippen LogP contribution is -2.33. The molecule has 0 radical (unpaired) electrons. The largest absolute Gasteiger partial charge is 0.338 e. The van der Waals surface area contributed by atoms with E-state index in [1.807, 2.05) is 17.0 Å². The molecule has 3 aliphatic rings. The van der Waals surface area contributed by atoms with E-state index in [0.29, 0.717) is 11.8 Å². The van der Waals surface area contributed by atoms with Gasteiger partial charge in [0.15, 0.2) is 0 Å². The number of aromatic nitrogens is 1. The maximum Gasteiger partial charge on any atom is 0.227 e. The summed E-state index contributed by atoms with van der Waals surface area (Å²) in [6.45, 7) is 5.03. The molecule has 0 aromatic carbocycles. The van der Waals surface area contributed by atoms with Crippen LogP contribution in [0, 0.1) is 17.8 Å². The van der Waals surface area contributed by atoms with Crippen LogP contribution in [0.3, 0.4) is 0 Å². The first-order chi connectivity index (χ1) is 9.79. The van der Waals surface area contributed by atoms with Crippen molar-refractivity contribution < 1.29 is 4.79 Å². The minimum atomic E-state index is 0.260. The summed E-state index contributed by atoms with van der Waals surface area (Å²) < 4.78 is 0. The molecule has 1 aromatic heterocycles. The van der Waals surface area contributed by atoms with Gasteiger partial charge in [-0.15, -0.1) is 0 Å². The highest BCUT2D eigenvalue weighted by Gasteiger charge is 2.46. The molecule has 2 aliphatic heterocycles. The minimum Gasteiger partial charge on any atom is -0.338 e. The predicted octanol–water partition coefficient (Wildman–Crippen LogP) is 1.38. The molecule has 0 spiro atoms. The number of rotatable bonds is 4. The second-order valence-corrected chi connectivity index (χ2v) is 6.60. The van der Waals surface area contributed by atoms with Crippen LogP contribution >= 0.6 is 0 Å². The fourth-order valence-electron chi connectivity index (χ4n) is 3.70. The van der Waals surface area contributed by atoms with Gasteiger partial charge in [0.2, 0.25) is 5.91 Å². The number of carbonyl (C=O) groups excluding carboxylic acids is 1. The Labute approximate surface area is 119 Å². The second-order valence-electron chi connectivity index (χ2n) is 6.60. The molecule has 1 amide bonds. The van der Waals surface area contributed by atoms with Gasteiger partial charge >= 0.3 is 0 Å². The van der Waals surface area contributed by atoms with Crippen molar-refractivity contribution in [1.29, 1.82) is 0 Å². The van der Waals surface area contributed by atoms with Crippen LogP contribution in [0.1, 0.15) is 18.4 Å². The van der Waals surface area contributed by atoms with Crippen LogP contribution in [0.2, 0.25) is 0 Å². The van der Waals surface area contributed by atoms with Crippen LogP contribution in [0.15, 0.2) is 24.5 Å². The number of hydrogen-bond acceptors (Lipinski definition) is 3. The van der Waals surface area contributed by atoms with E-state index in [0.717, 1.165) is 32.1 Å². The maximum absolute atomic E-state index is 12.5. The van der Waals surface area contributed by atoms with Gasteiger partial charge in [0, 0.05) is 51.0 Å². The van der Waals surface area contributed by atoms with Gasteiger partial charge in [-0.25, -0.2) is 0 Å². The van der Waals surface area contributed by atoms with Gasteiger partial charge in [-0.1, -0.05) is 0 Å². The van der Waals surface area contributed by atoms with Crippen LogP contribution in [0.25, 0.3) is 0 Å². The number of pyridine rings is 1. The van der Waals surface area contributed by atoms with Crippen LogP contribution in [0.4, 0.5) is 0 Å². The first kappa shape index (κ1) is 12.3. The quantitative estimate of drug-likeness (QED) is 0.830. The summed E-state index contributed by atoms with van der Waals surface area (Å²) in [6.07, 6.45) is 6.39. The van der Waals surface area contributed by atoms with Crippen molar-refractivity contribution in [2.45, 2.75) is 19.4 Å². The molecule has 2 atom stereocenters. The van der Waals surface area contributed by atoms with Gasteiger partial charge in [-0.05, 0) is 36.5 Å².